The summed E-state index contributed by atoms with van der Waals surface area (Å²) in [5.74, 6) is 0.243. The van der Waals surface area contributed by atoms with E-state index in [0.717, 1.165) is 19.3 Å². The predicted octanol–water partition coefficient (Wildman–Crippen LogP) is 2.16. The smallest absolute Gasteiger partial charge is 0.410 e. The Labute approximate surface area is 115 Å². The number of nitrogens with zero attached hydrogens (tertiary/aromatic N) is 1. The summed E-state index contributed by atoms with van der Waals surface area (Å²) >= 11 is 0. The predicted molar refractivity (Wildman–Crippen MR) is 73.8 cm³/mol. The van der Waals surface area contributed by atoms with Crippen LogP contribution in [0.25, 0.3) is 0 Å². The maximum absolute atomic E-state index is 12.1. The lowest BCUT2D eigenvalue weighted by Crippen LogP contribution is -2.48. The van der Waals surface area contributed by atoms with Crippen molar-refractivity contribution in [3.63, 3.8) is 0 Å². The van der Waals surface area contributed by atoms with Gasteiger partial charge in [0.2, 0.25) is 5.91 Å². The van der Waals surface area contributed by atoms with E-state index in [1.165, 1.54) is 0 Å². The third kappa shape index (κ3) is 4.73. The molecule has 5 nitrogen and oxygen atoms in total. The molecule has 0 aliphatic carbocycles. The van der Waals surface area contributed by atoms with E-state index in [0.29, 0.717) is 19.1 Å². The molecule has 0 radical (unpaired) electrons. The molecule has 2 amide bonds. The molecule has 110 valence electrons. The highest BCUT2D eigenvalue weighted by atomic mass is 16.6. The summed E-state index contributed by atoms with van der Waals surface area (Å²) in [6.07, 6.45) is 2.10. The molecule has 1 fully saturated rings. The highest BCUT2D eigenvalue weighted by Crippen LogP contribution is 2.19. The van der Waals surface area contributed by atoms with Crippen molar-refractivity contribution in [2.45, 2.75) is 59.0 Å². The standard InChI is InChI=1S/C14H26N2O3/c1-5-11(4)15-13(17)12-7-6-8-16(12)14(18)19-9-10(2)3/h10-12H,5-9H2,1-4H3,(H,15,17)/t11-,12-/m1/s1. The SMILES string of the molecule is CC[C@@H](C)NC(=O)[C@H]1CCCN1C(=O)OCC(C)C. The number of ether oxygens (including phenoxy) is 1. The molecule has 1 aliphatic rings. The fourth-order valence-electron chi connectivity index (χ4n) is 2.02. The second-order valence-corrected chi connectivity index (χ2v) is 5.64. The number of carbonyl (C=O) groups excluding carboxylic acids is 2. The van der Waals surface area contributed by atoms with Gasteiger partial charge < -0.3 is 10.1 Å². The van der Waals surface area contributed by atoms with E-state index in [9.17, 15) is 9.59 Å². The molecule has 1 aliphatic heterocycles. The van der Waals surface area contributed by atoms with Gasteiger partial charge in [-0.3, -0.25) is 9.69 Å². The fraction of sp³-hybridized carbons (Fsp3) is 0.857. The lowest BCUT2D eigenvalue weighted by Gasteiger charge is -2.25. The third-order valence-electron chi connectivity index (χ3n) is 3.33. The quantitative estimate of drug-likeness (QED) is 0.833. The van der Waals surface area contributed by atoms with E-state index in [2.05, 4.69) is 5.32 Å². The Morgan fingerprint density at radius 2 is 2.05 bits per heavy atom. The number of amides is 2. The van der Waals surface area contributed by atoms with Crippen molar-refractivity contribution in [1.29, 1.82) is 0 Å². The molecule has 2 atom stereocenters. The Kier molecular flexibility index (Phi) is 6.12. The Bertz CT molecular complexity index is 318. The summed E-state index contributed by atoms with van der Waals surface area (Å²) < 4.78 is 5.21. The Hall–Kier alpha value is -1.26. The average molecular weight is 270 g/mol. The zero-order valence-corrected chi connectivity index (χ0v) is 12.4. The van der Waals surface area contributed by atoms with Crippen molar-refractivity contribution in [3.05, 3.63) is 0 Å². The highest BCUT2D eigenvalue weighted by molar-refractivity contribution is 5.86. The molecule has 0 saturated carbocycles. The number of hydrogen-bond donors (Lipinski definition) is 1. The molecular formula is C14H26N2O3. The molecule has 0 aromatic heterocycles. The van der Waals surface area contributed by atoms with Crippen LogP contribution in [0.3, 0.4) is 0 Å². The zero-order chi connectivity index (χ0) is 14.4. The molecule has 5 heteroatoms. The third-order valence-corrected chi connectivity index (χ3v) is 3.33. The minimum Gasteiger partial charge on any atom is -0.449 e. The minimum atomic E-state index is -0.367. The number of nitrogens with one attached hydrogen (secondary N) is 1. The van der Waals surface area contributed by atoms with Gasteiger partial charge in [-0.2, -0.15) is 0 Å². The van der Waals surface area contributed by atoms with Gasteiger partial charge in [0.25, 0.3) is 0 Å². The van der Waals surface area contributed by atoms with Gasteiger partial charge in [-0.05, 0) is 32.1 Å². The maximum atomic E-state index is 12.1. The average Bonchev–Trinajstić information content (AvgIpc) is 2.84. The van der Waals surface area contributed by atoms with Crippen LogP contribution in [0.4, 0.5) is 4.79 Å². The molecule has 1 rings (SSSR count). The molecule has 0 aromatic carbocycles. The molecule has 0 aromatic rings. The van der Waals surface area contributed by atoms with Gasteiger partial charge in [0.1, 0.15) is 6.04 Å². The summed E-state index contributed by atoms with van der Waals surface area (Å²) in [6.45, 7) is 8.97. The van der Waals surface area contributed by atoms with Gasteiger partial charge in [0.05, 0.1) is 6.61 Å². The normalized spacial score (nSPS) is 20.5. The highest BCUT2D eigenvalue weighted by Gasteiger charge is 2.35. The van der Waals surface area contributed by atoms with Crippen LogP contribution >= 0.6 is 0 Å². The van der Waals surface area contributed by atoms with Gasteiger partial charge in [0.15, 0.2) is 0 Å². The molecule has 1 saturated heterocycles. The van der Waals surface area contributed by atoms with Gasteiger partial charge in [-0.1, -0.05) is 20.8 Å². The second kappa shape index (κ2) is 7.36. The zero-order valence-electron chi connectivity index (χ0n) is 12.4. The van der Waals surface area contributed by atoms with Crippen molar-refractivity contribution in [2.24, 2.45) is 5.92 Å². The van der Waals surface area contributed by atoms with E-state index < -0.39 is 0 Å². The first-order chi connectivity index (χ1) is 8.95. The fourth-order valence-corrected chi connectivity index (χ4v) is 2.02. The Morgan fingerprint density at radius 1 is 1.37 bits per heavy atom. The lowest BCUT2D eigenvalue weighted by molar-refractivity contribution is -0.125. The second-order valence-electron chi connectivity index (χ2n) is 5.64. The molecule has 1 heterocycles. The first kappa shape index (κ1) is 15.8. The number of rotatable bonds is 5. The molecule has 0 unspecified atom stereocenters. The molecule has 1 N–H and O–H groups in total. The number of carbonyl (C=O) groups is 2. The maximum Gasteiger partial charge on any atom is 0.410 e. The van der Waals surface area contributed by atoms with Crippen molar-refractivity contribution >= 4 is 12.0 Å². The molecule has 0 bridgehead atoms. The van der Waals surface area contributed by atoms with Gasteiger partial charge in [-0.15, -0.1) is 0 Å². The van der Waals surface area contributed by atoms with Gasteiger partial charge >= 0.3 is 6.09 Å². The first-order valence-corrected chi connectivity index (χ1v) is 7.19. The summed E-state index contributed by atoms with van der Waals surface area (Å²) in [5.41, 5.74) is 0. The van der Waals surface area contributed by atoms with Crippen LogP contribution in [-0.4, -0.2) is 42.1 Å². The van der Waals surface area contributed by atoms with Crippen molar-refractivity contribution in [3.8, 4) is 0 Å². The van der Waals surface area contributed by atoms with Crippen LogP contribution in [0.5, 0.6) is 0 Å². The summed E-state index contributed by atoms with van der Waals surface area (Å²) in [5, 5.41) is 2.93. The molecule has 19 heavy (non-hydrogen) atoms. The minimum absolute atomic E-state index is 0.0617. The summed E-state index contributed by atoms with van der Waals surface area (Å²) in [4.78, 5) is 25.6. The number of likely N-dealkylation sites (tertiary alicyclic amines) is 1. The lowest BCUT2D eigenvalue weighted by atomic mass is 10.2. The first-order valence-electron chi connectivity index (χ1n) is 7.19. The van der Waals surface area contributed by atoms with E-state index in [-0.39, 0.29) is 24.1 Å². The Balaban J connectivity index is 2.53. The van der Waals surface area contributed by atoms with E-state index in [1.54, 1.807) is 4.90 Å². The van der Waals surface area contributed by atoms with Crippen LogP contribution in [-0.2, 0) is 9.53 Å². The molecular weight excluding hydrogens is 244 g/mol. The summed E-state index contributed by atoms with van der Waals surface area (Å²) in [6, 6.07) is -0.227. The summed E-state index contributed by atoms with van der Waals surface area (Å²) in [7, 11) is 0. The topological polar surface area (TPSA) is 58.6 Å². The van der Waals surface area contributed by atoms with Crippen LogP contribution in [0.2, 0.25) is 0 Å². The van der Waals surface area contributed by atoms with E-state index >= 15 is 0 Å². The largest absolute Gasteiger partial charge is 0.449 e. The monoisotopic (exact) mass is 270 g/mol. The van der Waals surface area contributed by atoms with Gasteiger partial charge in [0, 0.05) is 12.6 Å². The van der Waals surface area contributed by atoms with Crippen molar-refractivity contribution in [1.82, 2.24) is 10.2 Å². The Morgan fingerprint density at radius 3 is 2.63 bits per heavy atom. The van der Waals surface area contributed by atoms with Crippen LogP contribution in [0.15, 0.2) is 0 Å². The van der Waals surface area contributed by atoms with Gasteiger partial charge in [-0.25, -0.2) is 4.79 Å². The van der Waals surface area contributed by atoms with E-state index in [1.807, 2.05) is 27.7 Å². The van der Waals surface area contributed by atoms with Crippen molar-refractivity contribution < 1.29 is 14.3 Å². The van der Waals surface area contributed by atoms with Crippen molar-refractivity contribution in [2.75, 3.05) is 13.2 Å². The number of hydrogen-bond acceptors (Lipinski definition) is 3. The van der Waals surface area contributed by atoms with Crippen LogP contribution in [0, 0.1) is 5.92 Å². The van der Waals surface area contributed by atoms with E-state index in [4.69, 9.17) is 4.74 Å². The van der Waals surface area contributed by atoms with Crippen LogP contribution < -0.4 is 5.32 Å². The molecule has 0 spiro atoms. The van der Waals surface area contributed by atoms with Crippen LogP contribution in [0.1, 0.15) is 47.0 Å².